The van der Waals surface area contributed by atoms with Crippen LogP contribution in [0.3, 0.4) is 0 Å². The topological polar surface area (TPSA) is 66.8 Å². The number of halogens is 1. The fraction of sp³-hybridized carbons (Fsp3) is 0.462. The minimum Gasteiger partial charge on any atom is -0.469 e. The average Bonchev–Trinajstić information content (AvgIpc) is 2.37. The van der Waals surface area contributed by atoms with Gasteiger partial charge in [-0.1, -0.05) is 53.0 Å². The Hall–Kier alpha value is -0.660. The number of carbonyl (C=O) groups excluding carboxylic acids is 1. The molecule has 18 heavy (non-hydrogen) atoms. The van der Waals surface area contributed by atoms with Crippen molar-refractivity contribution in [3.8, 4) is 0 Å². The third-order valence-electron chi connectivity index (χ3n) is 2.22. The molecular formula is C13H19IO4. The number of aliphatic hydroxyl groups is 2. The molecule has 0 spiro atoms. The van der Waals surface area contributed by atoms with Gasteiger partial charge in [-0.05, 0) is 16.9 Å². The van der Waals surface area contributed by atoms with Crippen molar-refractivity contribution >= 4 is 28.6 Å². The summed E-state index contributed by atoms with van der Waals surface area (Å²) in [6.45, 7) is 0. The van der Waals surface area contributed by atoms with Crippen molar-refractivity contribution in [1.82, 2.24) is 0 Å². The van der Waals surface area contributed by atoms with Gasteiger partial charge in [0.25, 0.3) is 0 Å². The third-order valence-corrected chi connectivity index (χ3v) is 2.63. The van der Waals surface area contributed by atoms with Crippen LogP contribution in [0.15, 0.2) is 34.5 Å². The minimum absolute atomic E-state index is 0.254. The Kier molecular flexibility index (Phi) is 11.0. The number of rotatable bonds is 8. The molecule has 5 heteroatoms. The first-order valence-corrected chi connectivity index (χ1v) is 6.89. The van der Waals surface area contributed by atoms with Crippen LogP contribution in [0.5, 0.6) is 0 Å². The van der Waals surface area contributed by atoms with Gasteiger partial charge in [-0.3, -0.25) is 4.79 Å². The van der Waals surface area contributed by atoms with Crippen molar-refractivity contribution in [3.05, 3.63) is 34.5 Å². The Morgan fingerprint density at radius 1 is 1.28 bits per heavy atom. The second kappa shape index (κ2) is 11.4. The van der Waals surface area contributed by atoms with Crippen LogP contribution < -0.4 is 0 Å². The molecule has 0 aromatic rings. The summed E-state index contributed by atoms with van der Waals surface area (Å²) < 4.78 is 6.34. The number of aliphatic hydroxyl groups excluding tert-OH is 2. The van der Waals surface area contributed by atoms with Crippen LogP contribution in [-0.4, -0.2) is 35.5 Å². The van der Waals surface area contributed by atoms with Crippen LogP contribution in [0, 0.1) is 0 Å². The first-order chi connectivity index (χ1) is 8.61. The average molecular weight is 366 g/mol. The molecule has 102 valence electrons. The Bertz CT molecular complexity index is 310. The lowest BCUT2D eigenvalue weighted by atomic mass is 10.1. The highest BCUT2D eigenvalue weighted by molar-refractivity contribution is 14.1. The molecule has 0 aliphatic carbocycles. The zero-order chi connectivity index (χ0) is 13.8. The zero-order valence-electron chi connectivity index (χ0n) is 10.3. The van der Waals surface area contributed by atoms with Gasteiger partial charge in [0.05, 0.1) is 19.3 Å². The number of hydrogen-bond acceptors (Lipinski definition) is 4. The molecule has 0 fully saturated rings. The van der Waals surface area contributed by atoms with E-state index in [0.29, 0.717) is 12.8 Å². The quantitative estimate of drug-likeness (QED) is 0.392. The second-order valence-electron chi connectivity index (χ2n) is 3.61. The molecule has 4 nitrogen and oxygen atoms in total. The van der Waals surface area contributed by atoms with Gasteiger partial charge in [-0.2, -0.15) is 0 Å². The third kappa shape index (κ3) is 9.38. The van der Waals surface area contributed by atoms with Crippen molar-refractivity contribution in [2.75, 3.05) is 7.11 Å². The van der Waals surface area contributed by atoms with E-state index in [1.165, 1.54) is 13.2 Å². The van der Waals surface area contributed by atoms with Crippen molar-refractivity contribution < 1.29 is 19.7 Å². The first kappa shape index (κ1) is 17.3. The number of hydrogen-bond donors (Lipinski definition) is 2. The molecule has 0 amide bonds. The van der Waals surface area contributed by atoms with Crippen molar-refractivity contribution in [2.45, 2.75) is 31.5 Å². The van der Waals surface area contributed by atoms with Crippen LogP contribution >= 0.6 is 22.6 Å². The molecule has 0 aliphatic heterocycles. The van der Waals surface area contributed by atoms with E-state index >= 15 is 0 Å². The van der Waals surface area contributed by atoms with E-state index in [1.54, 1.807) is 12.2 Å². The summed E-state index contributed by atoms with van der Waals surface area (Å²) in [5.74, 6) is -0.305. The molecule has 2 atom stereocenters. The lowest BCUT2D eigenvalue weighted by Crippen LogP contribution is -2.23. The smallest absolute Gasteiger partial charge is 0.305 e. The Balaban J connectivity index is 3.88. The first-order valence-electron chi connectivity index (χ1n) is 5.65. The summed E-state index contributed by atoms with van der Waals surface area (Å²) in [7, 11) is 1.33. The summed E-state index contributed by atoms with van der Waals surface area (Å²) in [6.07, 6.45) is 7.94. The fourth-order valence-corrected chi connectivity index (χ4v) is 1.44. The molecular weight excluding hydrogens is 347 g/mol. The van der Waals surface area contributed by atoms with Gasteiger partial charge in [0.2, 0.25) is 0 Å². The number of ether oxygens (including phenoxy) is 1. The van der Waals surface area contributed by atoms with Gasteiger partial charge in [0.1, 0.15) is 0 Å². The lowest BCUT2D eigenvalue weighted by molar-refractivity contribution is -0.140. The van der Waals surface area contributed by atoms with Crippen molar-refractivity contribution in [3.63, 3.8) is 0 Å². The molecule has 0 aliphatic rings. The molecule has 2 unspecified atom stereocenters. The normalized spacial score (nSPS) is 15.6. The molecule has 0 saturated carbocycles. The maximum atomic E-state index is 10.8. The van der Waals surface area contributed by atoms with Crippen LogP contribution in [0.1, 0.15) is 19.3 Å². The highest BCUT2D eigenvalue weighted by atomic mass is 127. The summed E-state index contributed by atoms with van der Waals surface area (Å²) >= 11 is 2.10. The number of allylic oxidation sites excluding steroid dienone is 4. The Morgan fingerprint density at radius 2 is 1.94 bits per heavy atom. The highest BCUT2D eigenvalue weighted by Gasteiger charge is 2.13. The molecule has 2 N–H and O–H groups in total. The maximum Gasteiger partial charge on any atom is 0.305 e. The van der Waals surface area contributed by atoms with E-state index in [2.05, 4.69) is 27.3 Å². The van der Waals surface area contributed by atoms with Gasteiger partial charge in [-0.15, -0.1) is 0 Å². The molecule has 0 radical (unpaired) electrons. The Morgan fingerprint density at radius 3 is 2.56 bits per heavy atom. The molecule has 0 rings (SSSR count). The zero-order valence-corrected chi connectivity index (χ0v) is 12.5. The van der Waals surface area contributed by atoms with E-state index in [4.69, 9.17) is 0 Å². The maximum absolute atomic E-state index is 10.8. The Labute approximate surface area is 121 Å². The second-order valence-corrected chi connectivity index (χ2v) is 4.33. The highest BCUT2D eigenvalue weighted by Crippen LogP contribution is 2.07. The van der Waals surface area contributed by atoms with Gasteiger partial charge >= 0.3 is 5.97 Å². The standard InChI is InChI=1S/C13H19IO4/c1-18-13(17)9-6-8-12(16)11(15)7-4-2-3-5-10-14/h2-5,7,10-12,15-16H,6,8-9H2,1H3/b3-2+,7-4+,10-5+. The molecule has 0 aromatic carbocycles. The summed E-state index contributed by atoms with van der Waals surface area (Å²) in [4.78, 5) is 10.8. The largest absolute Gasteiger partial charge is 0.469 e. The number of methoxy groups -OCH3 is 1. The predicted octanol–water partition coefficient (Wildman–Crippen LogP) is 2.11. The van der Waals surface area contributed by atoms with E-state index in [-0.39, 0.29) is 12.4 Å². The van der Waals surface area contributed by atoms with Crippen molar-refractivity contribution in [1.29, 1.82) is 0 Å². The van der Waals surface area contributed by atoms with Crippen LogP contribution in [0.4, 0.5) is 0 Å². The molecule has 0 saturated heterocycles. The summed E-state index contributed by atoms with van der Waals surface area (Å²) in [6, 6.07) is 0. The van der Waals surface area contributed by atoms with Crippen molar-refractivity contribution in [2.24, 2.45) is 0 Å². The van der Waals surface area contributed by atoms with Crippen LogP contribution in [0.2, 0.25) is 0 Å². The van der Waals surface area contributed by atoms with Crippen LogP contribution in [0.25, 0.3) is 0 Å². The van der Waals surface area contributed by atoms with E-state index in [0.717, 1.165) is 0 Å². The van der Waals surface area contributed by atoms with E-state index in [1.807, 2.05) is 16.2 Å². The predicted molar refractivity (Wildman–Crippen MR) is 79.3 cm³/mol. The van der Waals surface area contributed by atoms with Gasteiger partial charge in [0, 0.05) is 6.42 Å². The van der Waals surface area contributed by atoms with Crippen LogP contribution in [-0.2, 0) is 9.53 Å². The number of carbonyl (C=O) groups is 1. The summed E-state index contributed by atoms with van der Waals surface area (Å²) in [5.41, 5.74) is 0. The number of esters is 1. The summed E-state index contributed by atoms with van der Waals surface area (Å²) in [5, 5.41) is 19.2. The minimum atomic E-state index is -0.920. The van der Waals surface area contributed by atoms with Gasteiger partial charge in [-0.25, -0.2) is 0 Å². The SMILES string of the molecule is COC(=O)CCCC(O)C(O)/C=C/C=C/C=C/I. The molecule has 0 aromatic heterocycles. The molecule has 0 heterocycles. The molecule has 0 bridgehead atoms. The lowest BCUT2D eigenvalue weighted by Gasteiger charge is -2.13. The fourth-order valence-electron chi connectivity index (χ4n) is 1.20. The van der Waals surface area contributed by atoms with E-state index < -0.39 is 12.2 Å². The monoisotopic (exact) mass is 366 g/mol. The van der Waals surface area contributed by atoms with Gasteiger partial charge < -0.3 is 14.9 Å². The van der Waals surface area contributed by atoms with E-state index in [9.17, 15) is 15.0 Å². The van der Waals surface area contributed by atoms with Gasteiger partial charge in [0.15, 0.2) is 0 Å².